The van der Waals surface area contributed by atoms with Crippen LogP contribution in [-0.2, 0) is 0 Å². The molecule has 0 bridgehead atoms. The summed E-state index contributed by atoms with van der Waals surface area (Å²) in [6.45, 7) is 0. The van der Waals surface area contributed by atoms with Crippen LogP contribution in [0.2, 0.25) is 0 Å². The van der Waals surface area contributed by atoms with E-state index in [-0.39, 0.29) is 17.5 Å². The minimum absolute atomic E-state index is 0.0892. The number of hydrogen-bond acceptors (Lipinski definition) is 4. The van der Waals surface area contributed by atoms with Crippen LogP contribution in [0.5, 0.6) is 0 Å². The molecule has 150 valence electrons. The number of nitrogens with zero attached hydrogens (tertiary/aromatic N) is 4. The fourth-order valence-corrected chi connectivity index (χ4v) is 4.38. The molecule has 5 aromatic rings. The maximum atomic E-state index is 15.0. The van der Waals surface area contributed by atoms with Crippen molar-refractivity contribution in [2.24, 2.45) is 0 Å². The first-order valence-corrected chi connectivity index (χ1v) is 10.1. The second-order valence-electron chi connectivity index (χ2n) is 7.88. The highest BCUT2D eigenvalue weighted by atomic mass is 19.1. The van der Waals surface area contributed by atoms with Gasteiger partial charge in [0.05, 0.1) is 10.9 Å². The summed E-state index contributed by atoms with van der Waals surface area (Å²) in [5, 5.41) is 1.74. The molecule has 2 atom stereocenters. The molecule has 0 saturated heterocycles. The van der Waals surface area contributed by atoms with E-state index < -0.39 is 5.82 Å². The average molecular weight is 408 g/mol. The van der Waals surface area contributed by atoms with Crippen molar-refractivity contribution >= 4 is 21.7 Å². The van der Waals surface area contributed by atoms with E-state index in [0.717, 1.165) is 23.0 Å². The van der Waals surface area contributed by atoms with Gasteiger partial charge in [0.2, 0.25) is 0 Å². The summed E-state index contributed by atoms with van der Waals surface area (Å²) in [6.07, 6.45) is 6.79. The number of aromatic nitrogens is 4. The van der Waals surface area contributed by atoms with Crippen molar-refractivity contribution < 1.29 is 4.39 Å². The van der Waals surface area contributed by atoms with Crippen LogP contribution in [0.25, 0.3) is 32.8 Å². The molecule has 6 heteroatoms. The normalized spacial score (nSPS) is 17.8. The molecule has 0 spiro atoms. The van der Waals surface area contributed by atoms with Gasteiger partial charge >= 0.3 is 0 Å². The van der Waals surface area contributed by atoms with Crippen LogP contribution >= 0.6 is 0 Å². The highest BCUT2D eigenvalue weighted by Gasteiger charge is 2.42. The molecular formula is C25H17FN4O. The third-order valence-electron chi connectivity index (χ3n) is 6.01. The molecule has 3 heterocycles. The van der Waals surface area contributed by atoms with E-state index in [1.165, 1.54) is 17.1 Å². The molecule has 5 nitrogen and oxygen atoms in total. The number of halogens is 1. The lowest BCUT2D eigenvalue weighted by atomic mass is 10.0. The SMILES string of the molecule is O=c1c2c(-c3cncnc3)cccc2c(F)cn1[C@@H]1C[C@H]1c1ccc2ccccc2n1. The van der Waals surface area contributed by atoms with Gasteiger partial charge in [0.15, 0.2) is 0 Å². The molecule has 0 amide bonds. The lowest BCUT2D eigenvalue weighted by Crippen LogP contribution is -2.21. The van der Waals surface area contributed by atoms with Gasteiger partial charge in [-0.2, -0.15) is 0 Å². The molecular weight excluding hydrogens is 391 g/mol. The third kappa shape index (κ3) is 2.91. The van der Waals surface area contributed by atoms with Crippen molar-refractivity contribution in [2.75, 3.05) is 0 Å². The predicted octanol–water partition coefficient (Wildman–Crippen LogP) is 4.87. The Labute approximate surface area is 176 Å². The van der Waals surface area contributed by atoms with Gasteiger partial charge in [-0.15, -0.1) is 0 Å². The largest absolute Gasteiger partial charge is 0.308 e. The highest BCUT2D eigenvalue weighted by Crippen LogP contribution is 2.50. The van der Waals surface area contributed by atoms with Gasteiger partial charge in [-0.25, -0.2) is 14.4 Å². The van der Waals surface area contributed by atoms with Crippen LogP contribution in [0.1, 0.15) is 24.1 Å². The topological polar surface area (TPSA) is 60.7 Å². The smallest absolute Gasteiger partial charge is 0.259 e. The molecule has 1 saturated carbocycles. The molecule has 1 fully saturated rings. The van der Waals surface area contributed by atoms with E-state index in [2.05, 4.69) is 9.97 Å². The number of para-hydroxylation sites is 1. The zero-order valence-corrected chi connectivity index (χ0v) is 16.4. The standard InChI is InChI=1S/C25H17FN4O/c26-20-13-30(23-10-19(23)22-9-8-15-4-1-2-7-21(15)29-22)25(31)24-17(5-3-6-18(20)24)16-11-27-14-28-12-16/h1-9,11-14,19,23H,10H2/t19-,23+/m0/s1. The Morgan fingerprint density at radius 2 is 1.81 bits per heavy atom. The summed E-state index contributed by atoms with van der Waals surface area (Å²) in [4.78, 5) is 26.3. The first kappa shape index (κ1) is 17.9. The van der Waals surface area contributed by atoms with E-state index in [4.69, 9.17) is 4.98 Å². The van der Waals surface area contributed by atoms with Crippen molar-refractivity contribution in [3.8, 4) is 11.1 Å². The minimum Gasteiger partial charge on any atom is -0.308 e. The molecule has 3 aromatic heterocycles. The lowest BCUT2D eigenvalue weighted by molar-refractivity contribution is 0.594. The van der Waals surface area contributed by atoms with Gasteiger partial charge in [0, 0.05) is 52.6 Å². The van der Waals surface area contributed by atoms with Gasteiger partial charge in [0.25, 0.3) is 5.56 Å². The summed E-state index contributed by atoms with van der Waals surface area (Å²) < 4.78 is 16.6. The van der Waals surface area contributed by atoms with E-state index >= 15 is 4.39 Å². The van der Waals surface area contributed by atoms with Gasteiger partial charge in [-0.3, -0.25) is 9.78 Å². The number of fused-ring (bicyclic) bond motifs is 2. The van der Waals surface area contributed by atoms with Crippen LogP contribution in [-0.4, -0.2) is 19.5 Å². The second-order valence-corrected chi connectivity index (χ2v) is 7.88. The molecule has 0 unspecified atom stereocenters. The molecule has 6 rings (SSSR count). The molecule has 0 N–H and O–H groups in total. The Morgan fingerprint density at radius 3 is 2.68 bits per heavy atom. The number of rotatable bonds is 3. The quantitative estimate of drug-likeness (QED) is 0.427. The van der Waals surface area contributed by atoms with Crippen LogP contribution in [0.3, 0.4) is 0 Å². The number of benzene rings is 2. The van der Waals surface area contributed by atoms with Gasteiger partial charge in [-0.05, 0) is 24.1 Å². The summed E-state index contributed by atoms with van der Waals surface area (Å²) in [5.74, 6) is -0.322. The van der Waals surface area contributed by atoms with E-state index in [0.29, 0.717) is 21.9 Å². The zero-order chi connectivity index (χ0) is 20.9. The van der Waals surface area contributed by atoms with Gasteiger partial charge in [0.1, 0.15) is 12.1 Å². The average Bonchev–Trinajstić information content (AvgIpc) is 3.62. The molecule has 1 aliphatic rings. The zero-order valence-electron chi connectivity index (χ0n) is 16.4. The predicted molar refractivity (Wildman–Crippen MR) is 117 cm³/mol. The number of hydrogen-bond donors (Lipinski definition) is 0. The van der Waals surface area contributed by atoms with Crippen LogP contribution < -0.4 is 5.56 Å². The van der Waals surface area contributed by atoms with Gasteiger partial charge in [-0.1, -0.05) is 42.5 Å². The van der Waals surface area contributed by atoms with Crippen molar-refractivity contribution in [3.63, 3.8) is 0 Å². The van der Waals surface area contributed by atoms with E-state index in [9.17, 15) is 4.79 Å². The van der Waals surface area contributed by atoms with Crippen LogP contribution in [0, 0.1) is 5.82 Å². The molecule has 1 aliphatic carbocycles. The number of pyridine rings is 2. The van der Waals surface area contributed by atoms with Crippen molar-refractivity contribution in [3.05, 3.63) is 101 Å². The fourth-order valence-electron chi connectivity index (χ4n) is 4.38. The molecule has 31 heavy (non-hydrogen) atoms. The van der Waals surface area contributed by atoms with Gasteiger partial charge < -0.3 is 4.57 Å². The first-order chi connectivity index (χ1) is 15.2. The van der Waals surface area contributed by atoms with Crippen LogP contribution in [0.15, 0.2) is 84.3 Å². The van der Waals surface area contributed by atoms with Crippen molar-refractivity contribution in [2.45, 2.75) is 18.4 Å². The maximum Gasteiger partial charge on any atom is 0.259 e. The molecule has 2 aromatic carbocycles. The van der Waals surface area contributed by atoms with Crippen molar-refractivity contribution in [1.29, 1.82) is 0 Å². The minimum atomic E-state index is -0.412. The Kier molecular flexibility index (Phi) is 3.93. The second kappa shape index (κ2) is 6.80. The Morgan fingerprint density at radius 1 is 0.968 bits per heavy atom. The van der Waals surface area contributed by atoms with E-state index in [1.54, 1.807) is 24.5 Å². The highest BCUT2D eigenvalue weighted by molar-refractivity contribution is 5.96. The monoisotopic (exact) mass is 408 g/mol. The summed E-state index contributed by atoms with van der Waals surface area (Å²) in [6, 6.07) is 17.1. The molecule has 0 radical (unpaired) electrons. The third-order valence-corrected chi connectivity index (χ3v) is 6.01. The Hall–Kier alpha value is -3.93. The Bertz CT molecular complexity index is 1510. The summed E-state index contributed by atoms with van der Waals surface area (Å²) in [5.41, 5.74) is 2.97. The summed E-state index contributed by atoms with van der Waals surface area (Å²) in [7, 11) is 0. The maximum absolute atomic E-state index is 15.0. The fraction of sp³-hybridized carbons (Fsp3) is 0.120. The van der Waals surface area contributed by atoms with Crippen LogP contribution in [0.4, 0.5) is 4.39 Å². The first-order valence-electron chi connectivity index (χ1n) is 10.1. The Balaban J connectivity index is 1.47. The lowest BCUT2D eigenvalue weighted by Gasteiger charge is -2.11. The molecule has 0 aliphatic heterocycles. The van der Waals surface area contributed by atoms with E-state index in [1.807, 2.05) is 42.5 Å². The summed E-state index contributed by atoms with van der Waals surface area (Å²) >= 11 is 0. The van der Waals surface area contributed by atoms with Crippen molar-refractivity contribution in [1.82, 2.24) is 19.5 Å².